The van der Waals surface area contributed by atoms with Gasteiger partial charge in [0.15, 0.2) is 0 Å². The number of hydrogen-bond acceptors (Lipinski definition) is 4. The van der Waals surface area contributed by atoms with E-state index in [9.17, 15) is 14.4 Å². The fraction of sp³-hybridized carbons (Fsp3) is 0.350. The van der Waals surface area contributed by atoms with Crippen LogP contribution >= 0.6 is 0 Å². The Bertz CT molecular complexity index is 854. The van der Waals surface area contributed by atoms with Gasteiger partial charge in [-0.15, -0.1) is 0 Å². The number of rotatable bonds is 5. The molecule has 0 aliphatic heterocycles. The highest BCUT2D eigenvalue weighted by molar-refractivity contribution is 5.96. The van der Waals surface area contributed by atoms with Crippen molar-refractivity contribution in [3.63, 3.8) is 0 Å². The molecular weight excluding hydrogens is 346 g/mol. The molecule has 2 aromatic rings. The molecule has 7 nitrogen and oxygen atoms in total. The van der Waals surface area contributed by atoms with Gasteiger partial charge in [0.25, 0.3) is 0 Å². The summed E-state index contributed by atoms with van der Waals surface area (Å²) in [6, 6.07) is 11.4. The molecule has 27 heavy (non-hydrogen) atoms. The summed E-state index contributed by atoms with van der Waals surface area (Å²) in [5.41, 5.74) is 0.510. The molecule has 7 heteroatoms. The van der Waals surface area contributed by atoms with E-state index in [-0.39, 0.29) is 5.56 Å². The van der Waals surface area contributed by atoms with Crippen LogP contribution in [-0.4, -0.2) is 28.2 Å². The Morgan fingerprint density at radius 3 is 2.37 bits per heavy atom. The summed E-state index contributed by atoms with van der Waals surface area (Å²) in [6.45, 7) is 5.26. The average molecular weight is 371 g/mol. The van der Waals surface area contributed by atoms with Crippen LogP contribution in [-0.2, 0) is 23.0 Å². The molecule has 0 aliphatic carbocycles. The molecule has 1 heterocycles. The van der Waals surface area contributed by atoms with Gasteiger partial charge in [-0.2, -0.15) is 0 Å². The van der Waals surface area contributed by atoms with Crippen LogP contribution in [0.25, 0.3) is 0 Å². The highest BCUT2D eigenvalue weighted by Crippen LogP contribution is 2.10. The molecule has 0 unspecified atom stereocenters. The minimum atomic E-state index is -0.834. The SMILES string of the molecule is Cn1cc(NC(=O)[C@@H](Cc2ccccc2)NC(=O)OC(C)(C)C)ccc1=O. The monoisotopic (exact) mass is 371 g/mol. The standard InChI is InChI=1S/C20H25N3O4/c1-20(2,3)27-19(26)22-16(12-14-8-6-5-7-9-14)18(25)21-15-10-11-17(24)23(4)13-15/h5-11,13,16H,12H2,1-4H3,(H,21,25)(H,22,26)/t16-/m1/s1. The van der Waals surface area contributed by atoms with Gasteiger partial charge in [-0.05, 0) is 32.4 Å². The van der Waals surface area contributed by atoms with Gasteiger partial charge in [0, 0.05) is 25.7 Å². The Kier molecular flexibility index (Phi) is 6.39. The van der Waals surface area contributed by atoms with Crippen LogP contribution in [0.2, 0.25) is 0 Å². The smallest absolute Gasteiger partial charge is 0.408 e. The van der Waals surface area contributed by atoms with Gasteiger partial charge in [-0.1, -0.05) is 30.3 Å². The zero-order chi connectivity index (χ0) is 20.0. The molecule has 0 aliphatic rings. The Morgan fingerprint density at radius 1 is 1.11 bits per heavy atom. The molecule has 0 bridgehead atoms. The first-order valence-corrected chi connectivity index (χ1v) is 8.65. The fourth-order valence-electron chi connectivity index (χ4n) is 2.41. The van der Waals surface area contributed by atoms with Crippen molar-refractivity contribution in [2.45, 2.75) is 38.8 Å². The lowest BCUT2D eigenvalue weighted by Crippen LogP contribution is -2.47. The number of amides is 2. The summed E-state index contributed by atoms with van der Waals surface area (Å²) >= 11 is 0. The van der Waals surface area contributed by atoms with E-state index in [2.05, 4.69) is 10.6 Å². The van der Waals surface area contributed by atoms with Crippen molar-refractivity contribution in [1.82, 2.24) is 9.88 Å². The van der Waals surface area contributed by atoms with Crippen LogP contribution in [0.3, 0.4) is 0 Å². The highest BCUT2D eigenvalue weighted by atomic mass is 16.6. The van der Waals surface area contributed by atoms with Gasteiger partial charge in [0.1, 0.15) is 11.6 Å². The van der Waals surface area contributed by atoms with Gasteiger partial charge < -0.3 is 19.9 Å². The van der Waals surface area contributed by atoms with Crippen LogP contribution < -0.4 is 16.2 Å². The van der Waals surface area contributed by atoms with Crippen LogP contribution in [0.5, 0.6) is 0 Å². The molecule has 0 fully saturated rings. The summed E-state index contributed by atoms with van der Waals surface area (Å²) in [4.78, 5) is 36.4. The summed E-state index contributed by atoms with van der Waals surface area (Å²) in [6.07, 6.45) is 1.16. The number of nitrogens with zero attached hydrogens (tertiary/aromatic N) is 1. The molecule has 1 aromatic heterocycles. The van der Waals surface area contributed by atoms with Gasteiger partial charge in [0.2, 0.25) is 11.5 Å². The molecule has 0 saturated carbocycles. The molecule has 0 saturated heterocycles. The third-order valence-corrected chi connectivity index (χ3v) is 3.64. The lowest BCUT2D eigenvalue weighted by molar-refractivity contribution is -0.118. The van der Waals surface area contributed by atoms with E-state index in [1.807, 2.05) is 30.3 Å². The van der Waals surface area contributed by atoms with Gasteiger partial charge >= 0.3 is 6.09 Å². The molecule has 2 rings (SSSR count). The molecule has 144 valence electrons. The number of ether oxygens (including phenoxy) is 1. The lowest BCUT2D eigenvalue weighted by atomic mass is 10.1. The molecule has 0 radical (unpaired) electrons. The highest BCUT2D eigenvalue weighted by Gasteiger charge is 2.25. The number of hydrogen-bond donors (Lipinski definition) is 2. The number of benzene rings is 1. The van der Waals surface area contributed by atoms with Crippen LogP contribution in [0.1, 0.15) is 26.3 Å². The van der Waals surface area contributed by atoms with Gasteiger partial charge in [0.05, 0.1) is 5.69 Å². The van der Waals surface area contributed by atoms with Crippen LogP contribution in [0, 0.1) is 0 Å². The second kappa shape index (κ2) is 8.53. The van der Waals surface area contributed by atoms with Gasteiger partial charge in [-0.3, -0.25) is 9.59 Å². The number of carbonyl (C=O) groups excluding carboxylic acids is 2. The number of alkyl carbamates (subject to hydrolysis) is 1. The summed E-state index contributed by atoms with van der Waals surface area (Å²) in [5, 5.41) is 5.36. The van der Waals surface area contributed by atoms with Crippen molar-refractivity contribution in [2.24, 2.45) is 7.05 Å². The van der Waals surface area contributed by atoms with E-state index < -0.39 is 23.6 Å². The Hall–Kier alpha value is -3.09. The zero-order valence-corrected chi connectivity index (χ0v) is 16.0. The first kappa shape index (κ1) is 20.2. The predicted molar refractivity (Wildman–Crippen MR) is 104 cm³/mol. The first-order chi connectivity index (χ1) is 12.6. The number of pyridine rings is 1. The zero-order valence-electron chi connectivity index (χ0n) is 16.0. The van der Waals surface area contributed by atoms with Crippen LogP contribution in [0.15, 0.2) is 53.5 Å². The molecule has 0 spiro atoms. The minimum absolute atomic E-state index is 0.180. The molecular formula is C20H25N3O4. The molecule has 2 amide bonds. The predicted octanol–water partition coefficient (Wildman–Crippen LogP) is 2.46. The number of anilines is 1. The number of nitrogens with one attached hydrogen (secondary N) is 2. The van der Waals surface area contributed by atoms with E-state index in [1.54, 1.807) is 27.8 Å². The normalized spacial score (nSPS) is 12.1. The van der Waals surface area contributed by atoms with E-state index in [0.29, 0.717) is 12.1 Å². The minimum Gasteiger partial charge on any atom is -0.444 e. The Balaban J connectivity index is 2.16. The second-order valence-electron chi connectivity index (χ2n) is 7.24. The maximum atomic E-state index is 12.7. The average Bonchev–Trinajstić information content (AvgIpc) is 2.57. The summed E-state index contributed by atoms with van der Waals surface area (Å²) in [5.74, 6) is -0.400. The third-order valence-electron chi connectivity index (χ3n) is 3.64. The van der Waals surface area contributed by atoms with Crippen molar-refractivity contribution in [3.8, 4) is 0 Å². The number of aromatic nitrogens is 1. The van der Waals surface area contributed by atoms with Crippen molar-refractivity contribution in [2.75, 3.05) is 5.32 Å². The van der Waals surface area contributed by atoms with E-state index >= 15 is 0 Å². The quantitative estimate of drug-likeness (QED) is 0.845. The number of carbonyl (C=O) groups is 2. The second-order valence-corrected chi connectivity index (χ2v) is 7.24. The summed E-state index contributed by atoms with van der Waals surface area (Å²) < 4.78 is 6.63. The molecule has 1 aromatic carbocycles. The maximum absolute atomic E-state index is 12.7. The Labute approximate surface area is 158 Å². The maximum Gasteiger partial charge on any atom is 0.408 e. The Morgan fingerprint density at radius 2 is 1.78 bits per heavy atom. The van der Waals surface area contributed by atoms with Crippen molar-refractivity contribution in [1.29, 1.82) is 0 Å². The van der Waals surface area contributed by atoms with Crippen molar-refractivity contribution in [3.05, 3.63) is 64.6 Å². The van der Waals surface area contributed by atoms with Crippen molar-refractivity contribution >= 4 is 17.7 Å². The van der Waals surface area contributed by atoms with Gasteiger partial charge in [-0.25, -0.2) is 4.79 Å². The van der Waals surface area contributed by atoms with Crippen LogP contribution in [0.4, 0.5) is 10.5 Å². The largest absolute Gasteiger partial charge is 0.444 e. The van der Waals surface area contributed by atoms with Crippen molar-refractivity contribution < 1.29 is 14.3 Å². The number of aryl methyl sites for hydroxylation is 1. The molecule has 2 N–H and O–H groups in total. The topological polar surface area (TPSA) is 89.4 Å². The third kappa shape index (κ3) is 6.62. The first-order valence-electron chi connectivity index (χ1n) is 8.65. The summed E-state index contributed by atoms with van der Waals surface area (Å²) in [7, 11) is 1.60. The fourth-order valence-corrected chi connectivity index (χ4v) is 2.41. The molecule has 1 atom stereocenters. The lowest BCUT2D eigenvalue weighted by Gasteiger charge is -2.23. The van der Waals surface area contributed by atoms with E-state index in [0.717, 1.165) is 5.56 Å². The van der Waals surface area contributed by atoms with E-state index in [4.69, 9.17) is 4.74 Å². The van der Waals surface area contributed by atoms with E-state index in [1.165, 1.54) is 22.9 Å².